The van der Waals surface area contributed by atoms with Crippen molar-refractivity contribution in [3.8, 4) is 33.9 Å². The minimum absolute atomic E-state index is 0.0305. The van der Waals surface area contributed by atoms with Gasteiger partial charge in [0, 0.05) is 87.9 Å². The zero-order valence-electron chi connectivity index (χ0n) is 33.0. The first-order chi connectivity index (χ1) is 27.0. The summed E-state index contributed by atoms with van der Waals surface area (Å²) < 4.78 is 23.1. The van der Waals surface area contributed by atoms with Crippen LogP contribution in [-0.4, -0.2) is 103 Å². The first-order valence-corrected chi connectivity index (χ1v) is 18.5. The van der Waals surface area contributed by atoms with Crippen molar-refractivity contribution in [1.29, 1.82) is 0 Å². The number of rotatable bonds is 19. The fraction of sp³-hybridized carbons (Fsp3) is 0.318. The van der Waals surface area contributed by atoms with Crippen LogP contribution >= 0.6 is 0 Å². The zero-order chi connectivity index (χ0) is 40.2. The van der Waals surface area contributed by atoms with Crippen molar-refractivity contribution in [2.24, 2.45) is 5.73 Å². The third-order valence-electron chi connectivity index (χ3n) is 9.26. The van der Waals surface area contributed by atoms with E-state index in [2.05, 4.69) is 28.8 Å². The fourth-order valence-corrected chi connectivity index (χ4v) is 6.25. The molecule has 0 amide bonds. The minimum Gasteiger partial charge on any atom is -0.465 e. The highest BCUT2D eigenvalue weighted by Gasteiger charge is 2.24. The molecule has 0 unspecified atom stereocenters. The average molecular weight is 762 g/mol. The highest BCUT2D eigenvalue weighted by atomic mass is 16.5. The Bertz CT molecular complexity index is 2060. The van der Waals surface area contributed by atoms with E-state index in [9.17, 15) is 14.4 Å². The van der Waals surface area contributed by atoms with Crippen LogP contribution in [0.4, 0.5) is 11.4 Å². The van der Waals surface area contributed by atoms with Crippen molar-refractivity contribution >= 4 is 29.1 Å². The van der Waals surface area contributed by atoms with E-state index in [1.165, 1.54) is 20.3 Å². The van der Waals surface area contributed by atoms with Crippen LogP contribution in [0.15, 0.2) is 91.0 Å². The number of carbonyl (C=O) groups is 3. The lowest BCUT2D eigenvalue weighted by molar-refractivity contribution is 0.0489. The van der Waals surface area contributed by atoms with Crippen molar-refractivity contribution in [3.63, 3.8) is 0 Å². The van der Waals surface area contributed by atoms with Crippen LogP contribution in [0.2, 0.25) is 0 Å². The lowest BCUT2D eigenvalue weighted by Gasteiger charge is -2.17. The van der Waals surface area contributed by atoms with Crippen LogP contribution in [0.25, 0.3) is 33.9 Å². The maximum atomic E-state index is 13.1. The third-order valence-corrected chi connectivity index (χ3v) is 9.26. The molecule has 0 bridgehead atoms. The van der Waals surface area contributed by atoms with Gasteiger partial charge in [0.25, 0.3) is 0 Å². The lowest BCUT2D eigenvalue weighted by atomic mass is 10.0. The van der Waals surface area contributed by atoms with Gasteiger partial charge in [-0.25, -0.2) is 14.6 Å². The number of ether oxygens (including phenoxy) is 4. The predicted octanol–water partition coefficient (Wildman–Crippen LogP) is 6.59. The molecule has 5 rings (SSSR count). The van der Waals surface area contributed by atoms with Gasteiger partial charge in [-0.3, -0.25) is 4.79 Å². The zero-order valence-corrected chi connectivity index (χ0v) is 33.0. The molecule has 0 saturated carbocycles. The molecule has 56 heavy (non-hydrogen) atoms. The number of aromatic nitrogens is 2. The molecule has 0 aliphatic heterocycles. The van der Waals surface area contributed by atoms with Crippen molar-refractivity contribution in [1.82, 2.24) is 9.55 Å². The SMILES string of the molecule is COC(=O)c1cc(C(=O)OC)cc(-c2nc(-c3ccc(N(C)C)cc3)c(-c3ccc(N(C)C)cc3)n2Cc2ccc(C(=O)CCCOCCOCCN)cc2)c1. The lowest BCUT2D eigenvalue weighted by Crippen LogP contribution is -2.12. The Labute approximate surface area is 328 Å². The van der Waals surface area contributed by atoms with E-state index >= 15 is 0 Å². The van der Waals surface area contributed by atoms with Crippen LogP contribution in [0.5, 0.6) is 0 Å². The van der Waals surface area contributed by atoms with E-state index in [4.69, 9.17) is 29.7 Å². The summed E-state index contributed by atoms with van der Waals surface area (Å²) in [5.74, 6) is -0.647. The number of imidazole rings is 1. The number of esters is 2. The quantitative estimate of drug-likeness (QED) is 0.0554. The molecule has 12 nitrogen and oxygen atoms in total. The monoisotopic (exact) mass is 761 g/mol. The van der Waals surface area contributed by atoms with Gasteiger partial charge in [0.05, 0.1) is 56.6 Å². The number of methoxy groups -OCH3 is 2. The van der Waals surface area contributed by atoms with E-state index in [1.54, 1.807) is 12.1 Å². The Hall–Kier alpha value is -5.82. The number of hydrogen-bond donors (Lipinski definition) is 1. The molecule has 0 aliphatic carbocycles. The summed E-state index contributed by atoms with van der Waals surface area (Å²) in [4.78, 5) is 48.3. The Morgan fingerprint density at radius 3 is 1.70 bits per heavy atom. The maximum Gasteiger partial charge on any atom is 0.337 e. The van der Waals surface area contributed by atoms with Gasteiger partial charge in [0.2, 0.25) is 0 Å². The Balaban J connectivity index is 1.60. The summed E-state index contributed by atoms with van der Waals surface area (Å²) in [5, 5.41) is 0. The molecule has 4 aromatic carbocycles. The van der Waals surface area contributed by atoms with Crippen LogP contribution < -0.4 is 15.5 Å². The maximum absolute atomic E-state index is 13.1. The van der Waals surface area contributed by atoms with Gasteiger partial charge < -0.3 is 39.0 Å². The topological polar surface area (TPSA) is 138 Å². The molecule has 0 saturated heterocycles. The van der Waals surface area contributed by atoms with Crippen LogP contribution in [-0.2, 0) is 25.5 Å². The van der Waals surface area contributed by atoms with Crippen molar-refractivity contribution in [3.05, 3.63) is 113 Å². The molecule has 0 atom stereocenters. The van der Waals surface area contributed by atoms with Gasteiger partial charge in [-0.2, -0.15) is 0 Å². The summed E-state index contributed by atoms with van der Waals surface area (Å²) in [6, 6.07) is 28.8. The second-order valence-electron chi connectivity index (χ2n) is 13.6. The number of Topliss-reactive ketones (excluding diaryl/α,β-unsaturated/α-hetero) is 1. The standard InChI is InChI=1S/C44H51N5O7/c1-47(2)37-17-13-32(14-18-37)40-41(33-15-19-38(20-16-33)48(3)4)49(42(46-40)34-26-35(43(51)53-5)28-36(27-34)44(52)54-6)29-30-9-11-31(12-10-30)39(50)8-7-22-55-24-25-56-23-21-45/h9-20,26-28H,7-8,21-25,29,45H2,1-6H3. The van der Waals surface area contributed by atoms with E-state index in [1.807, 2.05) is 86.5 Å². The number of nitrogens with two attached hydrogens (primary N) is 1. The number of hydrogen-bond acceptors (Lipinski definition) is 11. The first-order valence-electron chi connectivity index (χ1n) is 18.5. The van der Waals surface area contributed by atoms with Gasteiger partial charge in [-0.15, -0.1) is 0 Å². The second-order valence-corrected chi connectivity index (χ2v) is 13.6. The minimum atomic E-state index is -0.600. The Kier molecular flexibility index (Phi) is 14.5. The van der Waals surface area contributed by atoms with Crippen LogP contribution in [0, 0.1) is 0 Å². The normalized spacial score (nSPS) is 11.0. The van der Waals surface area contributed by atoms with E-state index < -0.39 is 11.9 Å². The van der Waals surface area contributed by atoms with Crippen molar-refractivity contribution in [2.45, 2.75) is 19.4 Å². The molecule has 1 heterocycles. The van der Waals surface area contributed by atoms with Gasteiger partial charge >= 0.3 is 11.9 Å². The number of nitrogens with zero attached hydrogens (tertiary/aromatic N) is 4. The molecule has 12 heteroatoms. The molecular formula is C44H51N5O7. The molecule has 0 aliphatic rings. The second kappa shape index (κ2) is 19.7. The molecule has 0 radical (unpaired) electrons. The molecule has 0 spiro atoms. The highest BCUT2D eigenvalue weighted by molar-refractivity contribution is 5.98. The summed E-state index contributed by atoms with van der Waals surface area (Å²) in [6.45, 7) is 2.72. The summed E-state index contributed by atoms with van der Waals surface area (Å²) in [5.41, 5.74) is 13.3. The van der Waals surface area contributed by atoms with Gasteiger partial charge in [-0.05, 0) is 54.4 Å². The predicted molar refractivity (Wildman–Crippen MR) is 220 cm³/mol. The summed E-state index contributed by atoms with van der Waals surface area (Å²) in [6.07, 6.45) is 0.957. The first kappa shape index (κ1) is 41.3. The van der Waals surface area contributed by atoms with Crippen molar-refractivity contribution in [2.75, 3.05) is 85.2 Å². The smallest absolute Gasteiger partial charge is 0.337 e. The number of ketones is 1. The van der Waals surface area contributed by atoms with Gasteiger partial charge in [0.15, 0.2) is 5.78 Å². The van der Waals surface area contributed by atoms with Crippen LogP contribution in [0.1, 0.15) is 49.5 Å². The van der Waals surface area contributed by atoms with Crippen molar-refractivity contribution < 1.29 is 33.3 Å². The van der Waals surface area contributed by atoms with E-state index in [0.29, 0.717) is 75.0 Å². The van der Waals surface area contributed by atoms with Gasteiger partial charge in [0.1, 0.15) is 5.82 Å². The molecule has 294 valence electrons. The highest BCUT2D eigenvalue weighted by Crippen LogP contribution is 2.38. The van der Waals surface area contributed by atoms with Crippen LogP contribution in [0.3, 0.4) is 0 Å². The number of benzene rings is 4. The molecule has 5 aromatic rings. The fourth-order valence-electron chi connectivity index (χ4n) is 6.25. The summed E-state index contributed by atoms with van der Waals surface area (Å²) in [7, 11) is 10.6. The van der Waals surface area contributed by atoms with E-state index in [0.717, 1.165) is 33.8 Å². The molecule has 2 N–H and O–H groups in total. The number of anilines is 2. The third kappa shape index (κ3) is 10.3. The Morgan fingerprint density at radius 1 is 0.643 bits per heavy atom. The number of carbonyl (C=O) groups excluding carboxylic acids is 3. The molecular weight excluding hydrogens is 711 g/mol. The largest absolute Gasteiger partial charge is 0.465 e. The molecule has 1 aromatic heterocycles. The van der Waals surface area contributed by atoms with Gasteiger partial charge in [-0.1, -0.05) is 48.5 Å². The molecule has 0 fully saturated rings. The summed E-state index contributed by atoms with van der Waals surface area (Å²) >= 11 is 0. The average Bonchev–Trinajstić information content (AvgIpc) is 3.59. The Morgan fingerprint density at radius 2 is 1.18 bits per heavy atom. The van der Waals surface area contributed by atoms with E-state index in [-0.39, 0.29) is 16.9 Å².